The summed E-state index contributed by atoms with van der Waals surface area (Å²) in [4.78, 5) is 11.8. The molecule has 1 aromatic heterocycles. The van der Waals surface area contributed by atoms with Crippen LogP contribution in [0.4, 0.5) is 4.79 Å². The molecule has 0 bridgehead atoms. The number of phenols is 1. The van der Waals surface area contributed by atoms with Crippen molar-refractivity contribution in [1.82, 2.24) is 26.0 Å². The Labute approximate surface area is 134 Å². The second kappa shape index (κ2) is 6.68. The lowest BCUT2D eigenvalue weighted by Gasteiger charge is -2.16. The zero-order chi connectivity index (χ0) is 16.1. The van der Waals surface area contributed by atoms with E-state index in [1.807, 2.05) is 12.1 Å². The number of phenolic OH excluding ortho intramolecular Hbond substituents is 1. The molecule has 0 radical (unpaired) electrons. The third-order valence-electron chi connectivity index (χ3n) is 4.23. The van der Waals surface area contributed by atoms with Crippen molar-refractivity contribution in [3.8, 4) is 5.75 Å². The van der Waals surface area contributed by atoms with E-state index in [0.29, 0.717) is 19.5 Å². The Morgan fingerprint density at radius 2 is 2.04 bits per heavy atom. The summed E-state index contributed by atoms with van der Waals surface area (Å²) >= 11 is 0. The van der Waals surface area contributed by atoms with Gasteiger partial charge < -0.3 is 15.7 Å². The summed E-state index contributed by atoms with van der Waals surface area (Å²) in [5, 5.41) is 25.3. The fourth-order valence-corrected chi connectivity index (χ4v) is 2.62. The Bertz CT molecular complexity index is 635. The van der Waals surface area contributed by atoms with Gasteiger partial charge in [0.2, 0.25) is 0 Å². The number of benzene rings is 1. The van der Waals surface area contributed by atoms with Crippen LogP contribution in [0.1, 0.15) is 24.1 Å². The molecule has 1 aliphatic carbocycles. The van der Waals surface area contributed by atoms with Gasteiger partial charge in [-0.25, -0.2) is 4.79 Å². The largest absolute Gasteiger partial charge is 0.508 e. The molecule has 2 aromatic rings. The van der Waals surface area contributed by atoms with Gasteiger partial charge in [-0.05, 0) is 42.4 Å². The van der Waals surface area contributed by atoms with Crippen molar-refractivity contribution in [1.29, 1.82) is 0 Å². The van der Waals surface area contributed by atoms with Gasteiger partial charge in [-0.15, -0.1) is 0 Å². The summed E-state index contributed by atoms with van der Waals surface area (Å²) < 4.78 is 0. The van der Waals surface area contributed by atoms with Crippen molar-refractivity contribution in [2.75, 3.05) is 13.1 Å². The fourth-order valence-electron chi connectivity index (χ4n) is 2.62. The van der Waals surface area contributed by atoms with Crippen LogP contribution in [0.5, 0.6) is 5.75 Å². The van der Waals surface area contributed by atoms with Gasteiger partial charge in [-0.1, -0.05) is 12.1 Å². The number of urea groups is 1. The van der Waals surface area contributed by atoms with Crippen LogP contribution in [0, 0.1) is 5.41 Å². The topological polar surface area (TPSA) is 103 Å². The molecular weight excluding hydrogens is 294 g/mol. The standard InChI is InChI=1S/C16H21N5O2/c22-14-3-1-12(2-4-14)9-16(6-7-16)11-18-15(23)17-8-5-13-10-19-21-20-13/h1-4,10,22H,5-9,11H2,(H2,17,18,23)(H,19,20,21). The van der Waals surface area contributed by atoms with Crippen LogP contribution in [0.25, 0.3) is 0 Å². The number of carbonyl (C=O) groups excluding carboxylic acids is 1. The monoisotopic (exact) mass is 315 g/mol. The van der Waals surface area contributed by atoms with Crippen molar-refractivity contribution < 1.29 is 9.90 Å². The maximum absolute atomic E-state index is 11.8. The van der Waals surface area contributed by atoms with Crippen molar-refractivity contribution in [3.63, 3.8) is 0 Å². The number of aromatic nitrogens is 3. The Hall–Kier alpha value is -2.57. The van der Waals surface area contributed by atoms with E-state index in [1.54, 1.807) is 18.3 Å². The first kappa shape index (κ1) is 15.3. The number of aromatic amines is 1. The number of hydrogen-bond acceptors (Lipinski definition) is 4. The van der Waals surface area contributed by atoms with Gasteiger partial charge in [0, 0.05) is 19.5 Å². The maximum atomic E-state index is 11.8. The first-order chi connectivity index (χ1) is 11.2. The predicted molar refractivity (Wildman–Crippen MR) is 85.0 cm³/mol. The molecule has 122 valence electrons. The second-order valence-corrected chi connectivity index (χ2v) is 6.16. The maximum Gasteiger partial charge on any atom is 0.314 e. The number of carbonyl (C=O) groups is 1. The smallest absolute Gasteiger partial charge is 0.314 e. The first-order valence-electron chi connectivity index (χ1n) is 7.80. The van der Waals surface area contributed by atoms with Crippen LogP contribution in [0.15, 0.2) is 30.5 Å². The molecule has 23 heavy (non-hydrogen) atoms. The molecule has 7 heteroatoms. The number of H-pyrrole nitrogens is 1. The molecule has 1 heterocycles. The molecule has 0 spiro atoms. The van der Waals surface area contributed by atoms with Crippen LogP contribution in [-0.4, -0.2) is 39.6 Å². The van der Waals surface area contributed by atoms with Gasteiger partial charge in [0.05, 0.1) is 11.9 Å². The third-order valence-corrected chi connectivity index (χ3v) is 4.23. The molecule has 0 atom stereocenters. The lowest BCUT2D eigenvalue weighted by atomic mass is 9.96. The van der Waals surface area contributed by atoms with Gasteiger partial charge in [0.1, 0.15) is 5.75 Å². The van der Waals surface area contributed by atoms with E-state index in [0.717, 1.165) is 25.0 Å². The summed E-state index contributed by atoms with van der Waals surface area (Å²) in [6.45, 7) is 1.20. The Balaban J connectivity index is 1.38. The minimum Gasteiger partial charge on any atom is -0.508 e. The molecule has 1 aromatic carbocycles. The molecule has 0 aliphatic heterocycles. The highest BCUT2D eigenvalue weighted by Crippen LogP contribution is 2.47. The molecule has 2 amide bonds. The molecule has 4 N–H and O–H groups in total. The zero-order valence-electron chi connectivity index (χ0n) is 12.9. The highest BCUT2D eigenvalue weighted by molar-refractivity contribution is 5.73. The summed E-state index contributed by atoms with van der Waals surface area (Å²) in [7, 11) is 0. The number of aromatic hydroxyl groups is 1. The number of rotatable bonds is 7. The lowest BCUT2D eigenvalue weighted by Crippen LogP contribution is -2.40. The average molecular weight is 315 g/mol. The van der Waals surface area contributed by atoms with Crippen LogP contribution in [0.3, 0.4) is 0 Å². The van der Waals surface area contributed by atoms with E-state index in [1.165, 1.54) is 5.56 Å². The van der Waals surface area contributed by atoms with E-state index in [4.69, 9.17) is 0 Å². The number of nitrogens with one attached hydrogen (secondary N) is 3. The Kier molecular flexibility index (Phi) is 4.45. The third kappa shape index (κ3) is 4.45. The normalized spacial score (nSPS) is 15.1. The van der Waals surface area contributed by atoms with Crippen molar-refractivity contribution >= 4 is 6.03 Å². The fraction of sp³-hybridized carbons (Fsp3) is 0.438. The molecule has 1 aliphatic rings. The number of hydrogen-bond donors (Lipinski definition) is 4. The van der Waals surface area contributed by atoms with Crippen molar-refractivity contribution in [2.45, 2.75) is 25.7 Å². The van der Waals surface area contributed by atoms with Crippen LogP contribution in [-0.2, 0) is 12.8 Å². The molecule has 1 fully saturated rings. The average Bonchev–Trinajstić information content (AvgIpc) is 3.10. The van der Waals surface area contributed by atoms with Crippen LogP contribution in [0.2, 0.25) is 0 Å². The van der Waals surface area contributed by atoms with Gasteiger partial charge >= 0.3 is 6.03 Å². The van der Waals surface area contributed by atoms with Gasteiger partial charge in [-0.2, -0.15) is 15.4 Å². The molecule has 1 saturated carbocycles. The molecule has 0 unspecified atom stereocenters. The summed E-state index contributed by atoms with van der Waals surface area (Å²) in [5.74, 6) is 0.281. The zero-order valence-corrected chi connectivity index (χ0v) is 12.9. The summed E-state index contributed by atoms with van der Waals surface area (Å²) in [6.07, 6.45) is 5.46. The van der Waals surface area contributed by atoms with E-state index >= 15 is 0 Å². The van der Waals surface area contributed by atoms with Crippen LogP contribution >= 0.6 is 0 Å². The highest BCUT2D eigenvalue weighted by Gasteiger charge is 2.42. The van der Waals surface area contributed by atoms with Gasteiger partial charge in [0.25, 0.3) is 0 Å². The minimum absolute atomic E-state index is 0.148. The van der Waals surface area contributed by atoms with Gasteiger partial charge in [-0.3, -0.25) is 0 Å². The van der Waals surface area contributed by atoms with Gasteiger partial charge in [0.15, 0.2) is 0 Å². The van der Waals surface area contributed by atoms with E-state index in [-0.39, 0.29) is 17.2 Å². The summed E-state index contributed by atoms with van der Waals surface area (Å²) in [6, 6.07) is 7.14. The number of amides is 2. The van der Waals surface area contributed by atoms with E-state index < -0.39 is 0 Å². The molecular formula is C16H21N5O2. The van der Waals surface area contributed by atoms with Crippen LogP contribution < -0.4 is 10.6 Å². The predicted octanol–water partition coefficient (Wildman–Crippen LogP) is 1.37. The Morgan fingerprint density at radius 1 is 1.26 bits per heavy atom. The van der Waals surface area contributed by atoms with E-state index in [2.05, 4.69) is 26.0 Å². The molecule has 0 saturated heterocycles. The second-order valence-electron chi connectivity index (χ2n) is 6.16. The molecule has 3 rings (SSSR count). The quantitative estimate of drug-likeness (QED) is 0.619. The first-order valence-corrected chi connectivity index (χ1v) is 7.80. The number of nitrogens with zero attached hydrogens (tertiary/aromatic N) is 2. The highest BCUT2D eigenvalue weighted by atomic mass is 16.3. The minimum atomic E-state index is -0.148. The SMILES string of the molecule is O=C(NCCc1cn[nH]n1)NCC1(Cc2ccc(O)cc2)CC1. The molecule has 7 nitrogen and oxygen atoms in total. The van der Waals surface area contributed by atoms with Crippen molar-refractivity contribution in [2.24, 2.45) is 5.41 Å². The van der Waals surface area contributed by atoms with E-state index in [9.17, 15) is 9.90 Å². The summed E-state index contributed by atoms with van der Waals surface area (Å²) in [5.41, 5.74) is 2.19. The van der Waals surface area contributed by atoms with Crippen molar-refractivity contribution in [3.05, 3.63) is 41.7 Å². The Morgan fingerprint density at radius 3 is 2.70 bits per heavy atom. The lowest BCUT2D eigenvalue weighted by molar-refractivity contribution is 0.238.